The molecule has 5 heteroatoms. The lowest BCUT2D eigenvalue weighted by molar-refractivity contribution is -0.133. The van der Waals surface area contributed by atoms with Gasteiger partial charge in [0.15, 0.2) is 0 Å². The largest absolute Gasteiger partial charge is 0.368 e. The first-order chi connectivity index (χ1) is 5.65. The number of carbonyl (C=O) groups excluding carboxylic acids is 2. The van der Waals surface area contributed by atoms with Gasteiger partial charge in [-0.1, -0.05) is 0 Å². The summed E-state index contributed by atoms with van der Waals surface area (Å²) in [5, 5.41) is 2.87. The number of nitrogens with two attached hydrogens (primary N) is 1. The van der Waals surface area contributed by atoms with Crippen molar-refractivity contribution in [3.05, 3.63) is 0 Å². The van der Waals surface area contributed by atoms with Crippen LogP contribution < -0.4 is 11.1 Å². The zero-order valence-corrected chi connectivity index (χ0v) is 7.04. The summed E-state index contributed by atoms with van der Waals surface area (Å²) in [5.74, 6) is -0.489. The fourth-order valence-corrected chi connectivity index (χ4v) is 1.35. The van der Waals surface area contributed by atoms with Crippen molar-refractivity contribution >= 4 is 11.8 Å². The van der Waals surface area contributed by atoms with E-state index in [2.05, 4.69) is 5.32 Å². The minimum Gasteiger partial charge on any atom is -0.368 e. The Hall–Kier alpha value is -1.10. The van der Waals surface area contributed by atoms with Gasteiger partial charge in [0, 0.05) is 6.54 Å². The maximum atomic E-state index is 11.3. The summed E-state index contributed by atoms with van der Waals surface area (Å²) in [5.41, 5.74) is 4.97. The third-order valence-electron chi connectivity index (χ3n) is 1.99. The molecule has 0 spiro atoms. The molecule has 68 valence electrons. The fourth-order valence-electron chi connectivity index (χ4n) is 1.35. The standard InChI is InChI=1S/C7H13N3O2/c1-9-5-2-3-10(7(5)12)4-6(8)11/h5,9H,2-4H2,1H3,(H2,8,11). The van der Waals surface area contributed by atoms with Gasteiger partial charge in [0.1, 0.15) is 0 Å². The van der Waals surface area contributed by atoms with Crippen molar-refractivity contribution in [2.75, 3.05) is 20.1 Å². The van der Waals surface area contributed by atoms with E-state index in [1.54, 1.807) is 7.05 Å². The molecule has 1 rings (SSSR count). The van der Waals surface area contributed by atoms with Crippen molar-refractivity contribution < 1.29 is 9.59 Å². The van der Waals surface area contributed by atoms with E-state index in [1.165, 1.54) is 4.90 Å². The molecule has 1 unspecified atom stereocenters. The molecule has 1 fully saturated rings. The van der Waals surface area contributed by atoms with E-state index in [4.69, 9.17) is 5.73 Å². The van der Waals surface area contributed by atoms with Crippen LogP contribution in [0.15, 0.2) is 0 Å². The normalized spacial score (nSPS) is 23.2. The molecule has 1 aliphatic rings. The van der Waals surface area contributed by atoms with E-state index in [0.29, 0.717) is 6.54 Å². The van der Waals surface area contributed by atoms with Crippen LogP contribution in [0.3, 0.4) is 0 Å². The number of carbonyl (C=O) groups is 2. The predicted molar refractivity (Wildman–Crippen MR) is 43.2 cm³/mol. The SMILES string of the molecule is CNC1CCN(CC(N)=O)C1=O. The number of likely N-dealkylation sites (tertiary alicyclic amines) is 1. The first-order valence-corrected chi connectivity index (χ1v) is 3.89. The van der Waals surface area contributed by atoms with Gasteiger partial charge in [0.2, 0.25) is 11.8 Å². The number of rotatable bonds is 3. The molecule has 0 aromatic rings. The molecule has 2 amide bonds. The number of hydrogen-bond donors (Lipinski definition) is 2. The number of likely N-dealkylation sites (N-methyl/N-ethyl adjacent to an activating group) is 1. The first kappa shape index (κ1) is 8.99. The van der Waals surface area contributed by atoms with E-state index in [1.807, 2.05) is 0 Å². The lowest BCUT2D eigenvalue weighted by atomic mass is 10.3. The maximum absolute atomic E-state index is 11.3. The Kier molecular flexibility index (Phi) is 2.65. The molecule has 0 radical (unpaired) electrons. The second-order valence-electron chi connectivity index (χ2n) is 2.86. The van der Waals surface area contributed by atoms with Crippen LogP contribution >= 0.6 is 0 Å². The summed E-state index contributed by atoms with van der Waals surface area (Å²) in [6.45, 7) is 0.657. The summed E-state index contributed by atoms with van der Waals surface area (Å²) in [7, 11) is 1.73. The van der Waals surface area contributed by atoms with Gasteiger partial charge in [0.05, 0.1) is 12.6 Å². The Morgan fingerprint density at radius 3 is 2.92 bits per heavy atom. The van der Waals surface area contributed by atoms with Crippen LogP contribution in [-0.4, -0.2) is 42.9 Å². The Morgan fingerprint density at radius 1 is 1.83 bits per heavy atom. The zero-order chi connectivity index (χ0) is 9.14. The molecule has 5 nitrogen and oxygen atoms in total. The molecular formula is C7H13N3O2. The van der Waals surface area contributed by atoms with E-state index < -0.39 is 5.91 Å². The smallest absolute Gasteiger partial charge is 0.240 e. The third kappa shape index (κ3) is 1.73. The summed E-state index contributed by atoms with van der Waals surface area (Å²) in [4.78, 5) is 23.3. The van der Waals surface area contributed by atoms with Crippen LogP contribution in [0.25, 0.3) is 0 Å². The molecule has 0 saturated carbocycles. The molecule has 0 aromatic heterocycles. The third-order valence-corrected chi connectivity index (χ3v) is 1.99. The molecular weight excluding hydrogens is 158 g/mol. The lowest BCUT2D eigenvalue weighted by Gasteiger charge is -2.13. The molecule has 1 atom stereocenters. The molecule has 0 aromatic carbocycles. The van der Waals surface area contributed by atoms with Gasteiger partial charge < -0.3 is 16.0 Å². The van der Waals surface area contributed by atoms with Gasteiger partial charge in [-0.25, -0.2) is 0 Å². The Morgan fingerprint density at radius 2 is 2.50 bits per heavy atom. The van der Waals surface area contributed by atoms with Crippen LogP contribution in [0.4, 0.5) is 0 Å². The van der Waals surface area contributed by atoms with Gasteiger partial charge in [0.25, 0.3) is 0 Å². The van der Waals surface area contributed by atoms with Crippen molar-refractivity contribution in [3.63, 3.8) is 0 Å². The van der Waals surface area contributed by atoms with Gasteiger partial charge >= 0.3 is 0 Å². The molecule has 0 bridgehead atoms. The summed E-state index contributed by atoms with van der Waals surface area (Å²) in [6.07, 6.45) is 0.753. The minimum absolute atomic E-state index is 0.0312. The highest BCUT2D eigenvalue weighted by Gasteiger charge is 2.30. The van der Waals surface area contributed by atoms with Crippen LogP contribution in [0.1, 0.15) is 6.42 Å². The zero-order valence-electron chi connectivity index (χ0n) is 7.04. The second-order valence-corrected chi connectivity index (χ2v) is 2.86. The van der Waals surface area contributed by atoms with Crippen molar-refractivity contribution in [2.45, 2.75) is 12.5 Å². The second kappa shape index (κ2) is 3.53. The van der Waals surface area contributed by atoms with Gasteiger partial charge in [-0.3, -0.25) is 9.59 Å². The van der Waals surface area contributed by atoms with E-state index in [-0.39, 0.29) is 18.5 Å². The van der Waals surface area contributed by atoms with Crippen LogP contribution in [0.2, 0.25) is 0 Å². The van der Waals surface area contributed by atoms with Crippen LogP contribution in [0.5, 0.6) is 0 Å². The summed E-state index contributed by atoms with van der Waals surface area (Å²) in [6, 6.07) is -0.135. The lowest BCUT2D eigenvalue weighted by Crippen LogP contribution is -2.40. The average molecular weight is 171 g/mol. The maximum Gasteiger partial charge on any atom is 0.240 e. The molecule has 3 N–H and O–H groups in total. The van der Waals surface area contributed by atoms with E-state index in [0.717, 1.165) is 6.42 Å². The van der Waals surface area contributed by atoms with Crippen molar-refractivity contribution in [1.29, 1.82) is 0 Å². The van der Waals surface area contributed by atoms with Gasteiger partial charge in [-0.2, -0.15) is 0 Å². The topological polar surface area (TPSA) is 75.4 Å². The Labute approximate surface area is 70.9 Å². The average Bonchev–Trinajstić information content (AvgIpc) is 2.32. The fraction of sp³-hybridized carbons (Fsp3) is 0.714. The van der Waals surface area contributed by atoms with Crippen LogP contribution in [-0.2, 0) is 9.59 Å². The number of nitrogens with one attached hydrogen (secondary N) is 1. The Bertz CT molecular complexity index is 205. The predicted octanol–water partition coefficient (Wildman–Crippen LogP) is -1.71. The highest BCUT2D eigenvalue weighted by Crippen LogP contribution is 2.09. The summed E-state index contributed by atoms with van der Waals surface area (Å²) >= 11 is 0. The molecule has 0 aliphatic carbocycles. The van der Waals surface area contributed by atoms with Crippen LogP contribution in [0, 0.1) is 0 Å². The van der Waals surface area contributed by atoms with Gasteiger partial charge in [-0.15, -0.1) is 0 Å². The Balaban J connectivity index is 2.49. The van der Waals surface area contributed by atoms with Gasteiger partial charge in [-0.05, 0) is 13.5 Å². The quantitative estimate of drug-likeness (QED) is 0.531. The van der Waals surface area contributed by atoms with Crippen molar-refractivity contribution in [2.24, 2.45) is 5.73 Å². The number of hydrogen-bond acceptors (Lipinski definition) is 3. The highest BCUT2D eigenvalue weighted by molar-refractivity contribution is 5.88. The minimum atomic E-state index is -0.458. The molecule has 12 heavy (non-hydrogen) atoms. The number of primary amides is 1. The summed E-state index contributed by atoms with van der Waals surface area (Å²) < 4.78 is 0. The molecule has 1 saturated heterocycles. The monoisotopic (exact) mass is 171 g/mol. The molecule has 1 aliphatic heterocycles. The van der Waals surface area contributed by atoms with E-state index in [9.17, 15) is 9.59 Å². The van der Waals surface area contributed by atoms with Crippen molar-refractivity contribution in [1.82, 2.24) is 10.2 Å². The molecule has 1 heterocycles. The van der Waals surface area contributed by atoms with Crippen molar-refractivity contribution in [3.8, 4) is 0 Å². The number of amides is 2. The number of nitrogens with zero attached hydrogens (tertiary/aromatic N) is 1. The highest BCUT2D eigenvalue weighted by atomic mass is 16.2. The van der Waals surface area contributed by atoms with E-state index >= 15 is 0 Å². The first-order valence-electron chi connectivity index (χ1n) is 3.89.